The number of para-hydroxylation sites is 1. The summed E-state index contributed by atoms with van der Waals surface area (Å²) in [5.74, 6) is 0.0550. The summed E-state index contributed by atoms with van der Waals surface area (Å²) < 4.78 is 1.51. The zero-order chi connectivity index (χ0) is 21.4. The van der Waals surface area contributed by atoms with Crippen molar-refractivity contribution in [3.8, 4) is 0 Å². The highest BCUT2D eigenvalue weighted by molar-refractivity contribution is 6.30. The van der Waals surface area contributed by atoms with Crippen molar-refractivity contribution in [2.24, 2.45) is 0 Å². The second kappa shape index (κ2) is 8.07. The van der Waals surface area contributed by atoms with E-state index in [0.717, 1.165) is 29.7 Å². The third kappa shape index (κ3) is 3.77. The quantitative estimate of drug-likeness (QED) is 0.534. The predicted octanol–water partition coefficient (Wildman–Crippen LogP) is 3.27. The fraction of sp³-hybridized carbons (Fsp3) is 0.261. The van der Waals surface area contributed by atoms with E-state index in [1.807, 2.05) is 53.4 Å². The summed E-state index contributed by atoms with van der Waals surface area (Å²) in [6.45, 7) is 3.19. The van der Waals surface area contributed by atoms with Crippen LogP contribution in [0.15, 0.2) is 59.7 Å². The molecule has 1 aliphatic heterocycles. The molecule has 1 N–H and O–H groups in total. The fourth-order valence-corrected chi connectivity index (χ4v) is 4.26. The number of carbonyl (C=O) groups is 1. The Morgan fingerprint density at radius 3 is 2.55 bits per heavy atom. The van der Waals surface area contributed by atoms with Crippen molar-refractivity contribution < 1.29 is 4.79 Å². The van der Waals surface area contributed by atoms with E-state index in [-0.39, 0.29) is 17.9 Å². The summed E-state index contributed by atoms with van der Waals surface area (Å²) in [5.41, 5.74) is 2.99. The number of aromatic amines is 1. The molecule has 0 aliphatic carbocycles. The number of nitrogens with one attached hydrogen (secondary N) is 1. The Kier molecular flexibility index (Phi) is 5.11. The van der Waals surface area contributed by atoms with Gasteiger partial charge < -0.3 is 14.8 Å². The standard InChI is InChI=1S/C23H22ClN5O2/c24-16-5-7-17(8-6-16)27-11-13-28(14-12-27)20(30)9-10-29-15-25-21-18-3-1-2-4-19(18)26-22(21)23(29)31/h1-8,15,26H,9-14H2. The zero-order valence-electron chi connectivity index (χ0n) is 16.9. The lowest BCUT2D eigenvalue weighted by atomic mass is 10.2. The van der Waals surface area contributed by atoms with Gasteiger partial charge >= 0.3 is 0 Å². The molecule has 0 unspecified atom stereocenters. The van der Waals surface area contributed by atoms with E-state index >= 15 is 0 Å². The maximum absolute atomic E-state index is 12.9. The molecule has 0 spiro atoms. The molecule has 1 fully saturated rings. The first kappa shape index (κ1) is 19.6. The van der Waals surface area contributed by atoms with E-state index in [4.69, 9.17) is 11.6 Å². The average molecular weight is 436 g/mol. The van der Waals surface area contributed by atoms with E-state index in [0.29, 0.717) is 35.7 Å². The van der Waals surface area contributed by atoms with Gasteiger partial charge in [0.05, 0.1) is 6.33 Å². The minimum Gasteiger partial charge on any atom is -0.368 e. The Bertz CT molecular complexity index is 1300. The lowest BCUT2D eigenvalue weighted by molar-refractivity contribution is -0.131. The molecule has 7 nitrogen and oxygen atoms in total. The molecule has 8 heteroatoms. The van der Waals surface area contributed by atoms with Crippen molar-refractivity contribution in [1.82, 2.24) is 19.4 Å². The van der Waals surface area contributed by atoms with E-state index in [9.17, 15) is 9.59 Å². The summed E-state index contributed by atoms with van der Waals surface area (Å²) in [6, 6.07) is 15.5. The van der Waals surface area contributed by atoms with Crippen LogP contribution in [0.3, 0.4) is 0 Å². The zero-order valence-corrected chi connectivity index (χ0v) is 17.7. The van der Waals surface area contributed by atoms with Gasteiger partial charge in [-0.15, -0.1) is 0 Å². The number of anilines is 1. The number of fused-ring (bicyclic) bond motifs is 3. The maximum Gasteiger partial charge on any atom is 0.277 e. The number of hydrogen-bond donors (Lipinski definition) is 1. The van der Waals surface area contributed by atoms with Crippen LogP contribution in [0.5, 0.6) is 0 Å². The minimum atomic E-state index is -0.151. The topological polar surface area (TPSA) is 74.2 Å². The first-order chi connectivity index (χ1) is 15.1. The average Bonchev–Trinajstić information content (AvgIpc) is 3.19. The lowest BCUT2D eigenvalue weighted by Gasteiger charge is -2.36. The van der Waals surface area contributed by atoms with E-state index in [2.05, 4.69) is 14.9 Å². The Balaban J connectivity index is 1.23. The largest absolute Gasteiger partial charge is 0.368 e. The Hall–Kier alpha value is -3.32. The van der Waals surface area contributed by atoms with Crippen LogP contribution in [-0.4, -0.2) is 51.5 Å². The molecular formula is C23H22ClN5O2. The molecular weight excluding hydrogens is 414 g/mol. The van der Waals surface area contributed by atoms with Crippen LogP contribution in [0.1, 0.15) is 6.42 Å². The van der Waals surface area contributed by atoms with Crippen molar-refractivity contribution in [1.29, 1.82) is 0 Å². The van der Waals surface area contributed by atoms with Gasteiger partial charge in [-0.25, -0.2) is 4.98 Å². The van der Waals surface area contributed by atoms with E-state index in [1.165, 1.54) is 10.9 Å². The molecule has 0 atom stereocenters. The minimum absolute atomic E-state index is 0.0550. The molecule has 0 radical (unpaired) electrons. The highest BCUT2D eigenvalue weighted by Gasteiger charge is 2.21. The number of rotatable bonds is 4. The normalized spacial score (nSPS) is 14.5. The number of carbonyl (C=O) groups excluding carboxylic acids is 1. The van der Waals surface area contributed by atoms with Crippen molar-refractivity contribution >= 4 is 45.1 Å². The number of H-pyrrole nitrogens is 1. The van der Waals surface area contributed by atoms with Crippen LogP contribution in [0.4, 0.5) is 5.69 Å². The van der Waals surface area contributed by atoms with Crippen molar-refractivity contribution in [3.05, 3.63) is 70.2 Å². The highest BCUT2D eigenvalue weighted by atomic mass is 35.5. The van der Waals surface area contributed by atoms with Gasteiger partial charge in [-0.1, -0.05) is 29.8 Å². The van der Waals surface area contributed by atoms with Crippen molar-refractivity contribution in [2.75, 3.05) is 31.1 Å². The van der Waals surface area contributed by atoms with Gasteiger partial charge in [0, 0.05) is 60.8 Å². The van der Waals surface area contributed by atoms with Gasteiger partial charge in [0.15, 0.2) is 0 Å². The van der Waals surface area contributed by atoms with Crippen LogP contribution in [0.25, 0.3) is 21.9 Å². The van der Waals surface area contributed by atoms with Gasteiger partial charge in [-0.3, -0.25) is 14.2 Å². The molecule has 1 saturated heterocycles. The highest BCUT2D eigenvalue weighted by Crippen LogP contribution is 2.21. The van der Waals surface area contributed by atoms with Crippen LogP contribution >= 0.6 is 11.6 Å². The molecule has 0 saturated carbocycles. The van der Waals surface area contributed by atoms with Crippen LogP contribution < -0.4 is 10.5 Å². The summed E-state index contributed by atoms with van der Waals surface area (Å²) in [7, 11) is 0. The number of piperazine rings is 1. The molecule has 0 bridgehead atoms. The van der Waals surface area contributed by atoms with Crippen LogP contribution in [0, 0.1) is 0 Å². The lowest BCUT2D eigenvalue weighted by Crippen LogP contribution is -2.49. The van der Waals surface area contributed by atoms with Crippen molar-refractivity contribution in [2.45, 2.75) is 13.0 Å². The second-order valence-electron chi connectivity index (χ2n) is 7.73. The van der Waals surface area contributed by atoms with Gasteiger partial charge in [-0.2, -0.15) is 0 Å². The molecule has 31 heavy (non-hydrogen) atoms. The van der Waals surface area contributed by atoms with Gasteiger partial charge in [0.25, 0.3) is 5.56 Å². The smallest absolute Gasteiger partial charge is 0.277 e. The number of hydrogen-bond acceptors (Lipinski definition) is 4. The fourth-order valence-electron chi connectivity index (χ4n) is 4.14. The van der Waals surface area contributed by atoms with E-state index in [1.54, 1.807) is 0 Å². The molecule has 3 heterocycles. The SMILES string of the molecule is O=C(CCn1cnc2c([nH]c3ccccc32)c1=O)N1CCN(c2ccc(Cl)cc2)CC1. The number of amides is 1. The third-order valence-electron chi connectivity index (χ3n) is 5.87. The molecule has 1 amide bonds. The Labute approximate surface area is 183 Å². The number of halogens is 1. The number of benzene rings is 2. The monoisotopic (exact) mass is 435 g/mol. The molecule has 2 aromatic carbocycles. The maximum atomic E-state index is 12.9. The first-order valence-corrected chi connectivity index (χ1v) is 10.7. The summed E-state index contributed by atoms with van der Waals surface area (Å²) in [6.07, 6.45) is 1.81. The summed E-state index contributed by atoms with van der Waals surface area (Å²) >= 11 is 5.96. The van der Waals surface area contributed by atoms with Crippen LogP contribution in [-0.2, 0) is 11.3 Å². The van der Waals surface area contributed by atoms with Gasteiger partial charge in [0.1, 0.15) is 11.0 Å². The predicted molar refractivity (Wildman–Crippen MR) is 123 cm³/mol. The molecule has 4 aromatic rings. The van der Waals surface area contributed by atoms with Crippen molar-refractivity contribution in [3.63, 3.8) is 0 Å². The van der Waals surface area contributed by atoms with Gasteiger partial charge in [-0.05, 0) is 30.3 Å². The number of aromatic nitrogens is 3. The summed E-state index contributed by atoms with van der Waals surface area (Å²) in [4.78, 5) is 37.3. The molecule has 1 aliphatic rings. The Morgan fingerprint density at radius 1 is 1.03 bits per heavy atom. The third-order valence-corrected chi connectivity index (χ3v) is 6.12. The number of nitrogens with zero attached hydrogens (tertiary/aromatic N) is 4. The summed E-state index contributed by atoms with van der Waals surface area (Å²) in [5, 5.41) is 1.64. The van der Waals surface area contributed by atoms with E-state index < -0.39 is 0 Å². The molecule has 2 aromatic heterocycles. The molecule has 158 valence electrons. The Morgan fingerprint density at radius 2 is 1.77 bits per heavy atom. The number of aryl methyl sites for hydroxylation is 1. The molecule has 5 rings (SSSR count). The second-order valence-corrected chi connectivity index (χ2v) is 8.17. The van der Waals surface area contributed by atoms with Gasteiger partial charge in [0.2, 0.25) is 5.91 Å². The van der Waals surface area contributed by atoms with Crippen LogP contribution in [0.2, 0.25) is 5.02 Å². The first-order valence-electron chi connectivity index (χ1n) is 10.3.